The van der Waals surface area contributed by atoms with Crippen molar-refractivity contribution in [1.29, 1.82) is 0 Å². The summed E-state index contributed by atoms with van der Waals surface area (Å²) in [7, 11) is 0. The maximum absolute atomic E-state index is 10.7. The van der Waals surface area contributed by atoms with Gasteiger partial charge in [-0.05, 0) is 38.2 Å². The standard InChI is InChI=1S/C11H17NO/c1-9(13)3-2-6-12-8-10-4-5-11(12)7-10/h2-3,10-11H,4-8H2,1H3/b3-2+. The van der Waals surface area contributed by atoms with Crippen molar-refractivity contribution in [3.8, 4) is 0 Å². The lowest BCUT2D eigenvalue weighted by atomic mass is 10.1. The van der Waals surface area contributed by atoms with E-state index in [0.717, 1.165) is 18.5 Å². The molecule has 2 nitrogen and oxygen atoms in total. The number of allylic oxidation sites excluding steroid dienone is 1. The van der Waals surface area contributed by atoms with Gasteiger partial charge in [0, 0.05) is 19.1 Å². The van der Waals surface area contributed by atoms with Crippen molar-refractivity contribution in [2.75, 3.05) is 13.1 Å². The minimum absolute atomic E-state index is 0.157. The van der Waals surface area contributed by atoms with Crippen LogP contribution in [0.3, 0.4) is 0 Å². The molecule has 0 spiro atoms. The van der Waals surface area contributed by atoms with Crippen LogP contribution in [-0.4, -0.2) is 29.8 Å². The zero-order valence-corrected chi connectivity index (χ0v) is 8.20. The molecule has 1 heterocycles. The third-order valence-electron chi connectivity index (χ3n) is 3.22. The van der Waals surface area contributed by atoms with Crippen LogP contribution in [0, 0.1) is 5.92 Å². The lowest BCUT2D eigenvalue weighted by Crippen LogP contribution is -2.32. The maximum Gasteiger partial charge on any atom is 0.152 e. The summed E-state index contributed by atoms with van der Waals surface area (Å²) in [5.41, 5.74) is 0. The molecule has 1 saturated heterocycles. The molecule has 2 fully saturated rings. The average molecular weight is 179 g/mol. The summed E-state index contributed by atoms with van der Waals surface area (Å²) in [5.74, 6) is 1.11. The van der Waals surface area contributed by atoms with E-state index in [1.807, 2.05) is 6.08 Å². The molecule has 0 aromatic carbocycles. The Morgan fingerprint density at radius 2 is 2.38 bits per heavy atom. The number of hydrogen-bond donors (Lipinski definition) is 0. The van der Waals surface area contributed by atoms with E-state index < -0.39 is 0 Å². The van der Waals surface area contributed by atoms with Crippen molar-refractivity contribution in [3.63, 3.8) is 0 Å². The van der Waals surface area contributed by atoms with Gasteiger partial charge in [0.25, 0.3) is 0 Å². The van der Waals surface area contributed by atoms with Crippen molar-refractivity contribution in [2.24, 2.45) is 5.92 Å². The van der Waals surface area contributed by atoms with Gasteiger partial charge in [-0.2, -0.15) is 0 Å². The Morgan fingerprint density at radius 1 is 1.54 bits per heavy atom. The fraction of sp³-hybridized carbons (Fsp3) is 0.727. The van der Waals surface area contributed by atoms with E-state index >= 15 is 0 Å². The second-order valence-electron chi connectivity index (χ2n) is 4.30. The van der Waals surface area contributed by atoms with Crippen LogP contribution in [0.5, 0.6) is 0 Å². The van der Waals surface area contributed by atoms with Gasteiger partial charge in [0.05, 0.1) is 0 Å². The van der Waals surface area contributed by atoms with Gasteiger partial charge in [-0.15, -0.1) is 0 Å². The molecular formula is C11H17NO. The lowest BCUT2D eigenvalue weighted by Gasteiger charge is -2.24. The summed E-state index contributed by atoms with van der Waals surface area (Å²) < 4.78 is 0. The Balaban J connectivity index is 1.80. The van der Waals surface area contributed by atoms with Crippen LogP contribution < -0.4 is 0 Å². The largest absolute Gasteiger partial charge is 0.296 e. The molecule has 0 amide bonds. The van der Waals surface area contributed by atoms with Crippen molar-refractivity contribution in [1.82, 2.24) is 4.90 Å². The van der Waals surface area contributed by atoms with Crippen molar-refractivity contribution in [2.45, 2.75) is 32.2 Å². The Hall–Kier alpha value is -0.630. The van der Waals surface area contributed by atoms with Gasteiger partial charge in [-0.3, -0.25) is 9.69 Å². The molecule has 0 aromatic heterocycles. The number of carbonyl (C=O) groups excluding carboxylic acids is 1. The minimum Gasteiger partial charge on any atom is -0.296 e. The average Bonchev–Trinajstić information content (AvgIpc) is 2.64. The molecule has 1 aliphatic carbocycles. The summed E-state index contributed by atoms with van der Waals surface area (Å²) in [5, 5.41) is 0. The molecular weight excluding hydrogens is 162 g/mol. The summed E-state index contributed by atoms with van der Waals surface area (Å²) in [6, 6.07) is 0.821. The number of nitrogens with zero attached hydrogens (tertiary/aromatic N) is 1. The Kier molecular flexibility index (Phi) is 2.49. The molecule has 0 aromatic rings. The summed E-state index contributed by atoms with van der Waals surface area (Å²) in [6.07, 6.45) is 7.89. The fourth-order valence-electron chi connectivity index (χ4n) is 2.60. The molecule has 0 N–H and O–H groups in total. The Bertz CT molecular complexity index is 234. The maximum atomic E-state index is 10.7. The zero-order valence-electron chi connectivity index (χ0n) is 8.20. The van der Waals surface area contributed by atoms with Crippen LogP contribution >= 0.6 is 0 Å². The quantitative estimate of drug-likeness (QED) is 0.613. The van der Waals surface area contributed by atoms with Gasteiger partial charge in [-0.25, -0.2) is 0 Å². The second kappa shape index (κ2) is 3.62. The number of piperidine rings is 1. The normalized spacial score (nSPS) is 33.3. The first-order valence-electron chi connectivity index (χ1n) is 5.17. The molecule has 0 radical (unpaired) electrons. The first kappa shape index (κ1) is 8.95. The van der Waals surface area contributed by atoms with Crippen LogP contribution in [0.1, 0.15) is 26.2 Å². The Labute approximate surface area is 79.6 Å². The molecule has 2 heteroatoms. The third kappa shape index (κ3) is 1.99. The predicted molar refractivity (Wildman–Crippen MR) is 52.5 cm³/mol. The number of rotatable bonds is 3. The topological polar surface area (TPSA) is 20.3 Å². The molecule has 13 heavy (non-hydrogen) atoms. The lowest BCUT2D eigenvalue weighted by molar-refractivity contribution is -0.112. The monoisotopic (exact) mass is 179 g/mol. The van der Waals surface area contributed by atoms with Gasteiger partial charge in [0.15, 0.2) is 5.78 Å². The van der Waals surface area contributed by atoms with E-state index in [0.29, 0.717) is 0 Å². The highest BCUT2D eigenvalue weighted by Gasteiger charge is 2.36. The highest BCUT2D eigenvalue weighted by molar-refractivity contribution is 5.87. The van der Waals surface area contributed by atoms with E-state index in [-0.39, 0.29) is 5.78 Å². The highest BCUT2D eigenvalue weighted by Crippen LogP contribution is 2.36. The van der Waals surface area contributed by atoms with Crippen LogP contribution in [0.4, 0.5) is 0 Å². The molecule has 72 valence electrons. The molecule has 2 unspecified atom stereocenters. The molecule has 1 saturated carbocycles. The van der Waals surface area contributed by atoms with Gasteiger partial charge in [0.2, 0.25) is 0 Å². The number of fused-ring (bicyclic) bond motifs is 2. The van der Waals surface area contributed by atoms with Gasteiger partial charge in [-0.1, -0.05) is 6.08 Å². The van der Waals surface area contributed by atoms with Crippen molar-refractivity contribution in [3.05, 3.63) is 12.2 Å². The van der Waals surface area contributed by atoms with Gasteiger partial charge < -0.3 is 0 Å². The Morgan fingerprint density at radius 3 is 2.92 bits per heavy atom. The number of ketones is 1. The van der Waals surface area contributed by atoms with E-state index in [4.69, 9.17) is 0 Å². The molecule has 1 aliphatic heterocycles. The van der Waals surface area contributed by atoms with E-state index in [1.54, 1.807) is 13.0 Å². The number of hydrogen-bond acceptors (Lipinski definition) is 2. The van der Waals surface area contributed by atoms with Crippen molar-refractivity contribution >= 4 is 5.78 Å². The van der Waals surface area contributed by atoms with E-state index in [9.17, 15) is 4.79 Å². The van der Waals surface area contributed by atoms with Gasteiger partial charge in [0.1, 0.15) is 0 Å². The molecule has 2 bridgehead atoms. The second-order valence-corrected chi connectivity index (χ2v) is 4.30. The molecule has 2 atom stereocenters. The first-order valence-corrected chi connectivity index (χ1v) is 5.17. The number of likely N-dealkylation sites (tertiary alicyclic amines) is 1. The highest BCUT2D eigenvalue weighted by atomic mass is 16.1. The fourth-order valence-corrected chi connectivity index (χ4v) is 2.60. The summed E-state index contributed by atoms with van der Waals surface area (Å²) in [6.45, 7) is 3.83. The van der Waals surface area contributed by atoms with Crippen LogP contribution in [-0.2, 0) is 4.79 Å². The van der Waals surface area contributed by atoms with Crippen LogP contribution in [0.15, 0.2) is 12.2 Å². The van der Waals surface area contributed by atoms with E-state index in [1.165, 1.54) is 25.8 Å². The summed E-state index contributed by atoms with van der Waals surface area (Å²) >= 11 is 0. The predicted octanol–water partition coefficient (Wildman–Crippen LogP) is 1.62. The zero-order chi connectivity index (χ0) is 9.26. The van der Waals surface area contributed by atoms with Crippen LogP contribution in [0.2, 0.25) is 0 Å². The SMILES string of the molecule is CC(=O)/C=C/CN1CC2CCC1C2. The van der Waals surface area contributed by atoms with E-state index in [2.05, 4.69) is 4.90 Å². The van der Waals surface area contributed by atoms with Crippen LogP contribution in [0.25, 0.3) is 0 Å². The molecule has 2 aliphatic rings. The first-order chi connectivity index (χ1) is 6.25. The minimum atomic E-state index is 0.157. The molecule has 2 rings (SSSR count). The summed E-state index contributed by atoms with van der Waals surface area (Å²) in [4.78, 5) is 13.2. The number of carbonyl (C=O) groups is 1. The smallest absolute Gasteiger partial charge is 0.152 e. The third-order valence-corrected chi connectivity index (χ3v) is 3.22. The van der Waals surface area contributed by atoms with Gasteiger partial charge >= 0.3 is 0 Å². The van der Waals surface area contributed by atoms with Crippen molar-refractivity contribution < 1.29 is 4.79 Å².